The maximum Gasteiger partial charge on any atom is 0.262 e. The summed E-state index contributed by atoms with van der Waals surface area (Å²) < 4.78 is 1.53. The number of para-hydroxylation sites is 1. The lowest BCUT2D eigenvalue weighted by Gasteiger charge is -2.11. The zero-order valence-electron chi connectivity index (χ0n) is 14.5. The Labute approximate surface area is 166 Å². The Morgan fingerprint density at radius 3 is 2.85 bits per heavy atom. The van der Waals surface area contributed by atoms with Crippen molar-refractivity contribution < 1.29 is 4.79 Å². The second-order valence-electron chi connectivity index (χ2n) is 5.81. The number of rotatable bonds is 7. The Morgan fingerprint density at radius 2 is 2.07 bits per heavy atom. The summed E-state index contributed by atoms with van der Waals surface area (Å²) in [5.41, 5.74) is 1.40. The summed E-state index contributed by atoms with van der Waals surface area (Å²) in [4.78, 5) is 29.4. The van der Waals surface area contributed by atoms with Crippen LogP contribution in [0.15, 0.2) is 71.1 Å². The average molecular weight is 400 g/mol. The quantitative estimate of drug-likeness (QED) is 0.374. The highest BCUT2D eigenvalue weighted by Gasteiger charge is 2.12. The van der Waals surface area contributed by atoms with E-state index in [4.69, 9.17) is 11.6 Å². The van der Waals surface area contributed by atoms with Gasteiger partial charge in [0.25, 0.3) is 5.56 Å². The lowest BCUT2D eigenvalue weighted by Crippen LogP contribution is -2.26. The van der Waals surface area contributed by atoms with E-state index in [1.54, 1.807) is 30.3 Å². The summed E-state index contributed by atoms with van der Waals surface area (Å²) in [6.45, 7) is 4.43. The molecule has 1 aromatic heterocycles. The number of hydrogen-bond donors (Lipinski definition) is 1. The first-order chi connectivity index (χ1) is 13.1. The number of thioether (sulfide) groups is 1. The van der Waals surface area contributed by atoms with Gasteiger partial charge in [-0.15, -0.1) is 6.58 Å². The predicted molar refractivity (Wildman–Crippen MR) is 110 cm³/mol. The molecule has 27 heavy (non-hydrogen) atoms. The van der Waals surface area contributed by atoms with Crippen LogP contribution in [-0.2, 0) is 17.9 Å². The number of carbonyl (C=O) groups excluding carboxylic acids is 1. The van der Waals surface area contributed by atoms with Crippen molar-refractivity contribution in [1.82, 2.24) is 14.9 Å². The summed E-state index contributed by atoms with van der Waals surface area (Å²) >= 11 is 7.17. The van der Waals surface area contributed by atoms with Crippen molar-refractivity contribution in [3.8, 4) is 0 Å². The largest absolute Gasteiger partial charge is 0.351 e. The molecule has 138 valence electrons. The molecule has 3 rings (SSSR count). The molecule has 1 amide bonds. The molecule has 0 fully saturated rings. The van der Waals surface area contributed by atoms with Crippen molar-refractivity contribution in [2.24, 2.45) is 0 Å². The molecule has 1 heterocycles. The number of halogens is 1. The Bertz CT molecular complexity index is 1050. The number of hydrogen-bond acceptors (Lipinski definition) is 4. The van der Waals surface area contributed by atoms with Gasteiger partial charge in [0.15, 0.2) is 5.16 Å². The zero-order chi connectivity index (χ0) is 19.2. The molecule has 0 saturated heterocycles. The molecular formula is C20H18ClN3O2S. The molecule has 0 unspecified atom stereocenters. The van der Waals surface area contributed by atoms with E-state index >= 15 is 0 Å². The minimum absolute atomic E-state index is 0.137. The van der Waals surface area contributed by atoms with Gasteiger partial charge in [-0.3, -0.25) is 14.2 Å². The van der Waals surface area contributed by atoms with E-state index in [9.17, 15) is 9.59 Å². The minimum Gasteiger partial charge on any atom is -0.351 e. The molecule has 3 aromatic rings. The van der Waals surface area contributed by atoms with Crippen LogP contribution in [0.2, 0.25) is 5.02 Å². The summed E-state index contributed by atoms with van der Waals surface area (Å²) in [5.74, 6) is 0.00945. The van der Waals surface area contributed by atoms with Crippen molar-refractivity contribution in [3.05, 3.63) is 82.1 Å². The fraction of sp³-hybridized carbons (Fsp3) is 0.150. The highest BCUT2D eigenvalue weighted by Crippen LogP contribution is 2.18. The summed E-state index contributed by atoms with van der Waals surface area (Å²) in [6.07, 6.45) is 1.64. The van der Waals surface area contributed by atoms with Gasteiger partial charge in [-0.25, -0.2) is 4.98 Å². The van der Waals surface area contributed by atoms with Crippen LogP contribution in [-0.4, -0.2) is 21.2 Å². The standard InChI is InChI=1S/C20H18ClN3O2S/c1-2-10-24-19(26)16-8-3-4-9-17(16)23-20(24)27-13-18(25)22-12-14-6-5-7-15(21)11-14/h2-9,11H,1,10,12-13H2,(H,22,25). The molecule has 0 aliphatic heterocycles. The minimum atomic E-state index is -0.146. The monoisotopic (exact) mass is 399 g/mol. The molecule has 2 aromatic carbocycles. The third-order valence-corrected chi connectivity index (χ3v) is 5.06. The molecule has 0 radical (unpaired) electrons. The van der Waals surface area contributed by atoms with E-state index in [1.165, 1.54) is 16.3 Å². The lowest BCUT2D eigenvalue weighted by atomic mass is 10.2. The SMILES string of the molecule is C=CCn1c(SCC(=O)NCc2cccc(Cl)c2)nc2ccccc2c1=O. The van der Waals surface area contributed by atoms with Gasteiger partial charge in [-0.05, 0) is 29.8 Å². The Balaban J connectivity index is 1.72. The fourth-order valence-corrected chi connectivity index (χ4v) is 3.63. The first-order valence-corrected chi connectivity index (χ1v) is 9.69. The predicted octanol–water partition coefficient (Wildman–Crippen LogP) is 3.64. The second-order valence-corrected chi connectivity index (χ2v) is 7.19. The van der Waals surface area contributed by atoms with E-state index in [0.29, 0.717) is 34.2 Å². The zero-order valence-corrected chi connectivity index (χ0v) is 16.1. The van der Waals surface area contributed by atoms with Gasteiger partial charge in [0.05, 0.1) is 16.7 Å². The topological polar surface area (TPSA) is 64.0 Å². The number of carbonyl (C=O) groups is 1. The number of nitrogens with zero attached hydrogens (tertiary/aromatic N) is 2. The van der Waals surface area contributed by atoms with Gasteiger partial charge in [-0.2, -0.15) is 0 Å². The first-order valence-electron chi connectivity index (χ1n) is 8.33. The molecule has 1 N–H and O–H groups in total. The van der Waals surface area contributed by atoms with Gasteiger partial charge < -0.3 is 5.32 Å². The fourth-order valence-electron chi connectivity index (χ4n) is 2.58. The molecule has 0 aliphatic rings. The molecule has 0 spiro atoms. The number of benzene rings is 2. The maximum atomic E-state index is 12.7. The van der Waals surface area contributed by atoms with Crippen LogP contribution in [0.25, 0.3) is 10.9 Å². The van der Waals surface area contributed by atoms with Crippen molar-refractivity contribution in [2.45, 2.75) is 18.2 Å². The number of aromatic nitrogens is 2. The van der Waals surface area contributed by atoms with Crippen LogP contribution in [0.3, 0.4) is 0 Å². The van der Waals surface area contributed by atoms with Gasteiger partial charge in [0.2, 0.25) is 5.91 Å². The van der Waals surface area contributed by atoms with E-state index in [0.717, 1.165) is 5.56 Å². The maximum absolute atomic E-state index is 12.7. The van der Waals surface area contributed by atoms with Crippen LogP contribution in [0.5, 0.6) is 0 Å². The van der Waals surface area contributed by atoms with E-state index < -0.39 is 0 Å². The van der Waals surface area contributed by atoms with Gasteiger partial charge in [0.1, 0.15) is 0 Å². The van der Waals surface area contributed by atoms with Crippen LogP contribution in [0.1, 0.15) is 5.56 Å². The van der Waals surface area contributed by atoms with E-state index in [-0.39, 0.29) is 17.2 Å². The summed E-state index contributed by atoms with van der Waals surface area (Å²) in [5, 5.41) is 4.52. The summed E-state index contributed by atoms with van der Waals surface area (Å²) in [6, 6.07) is 14.5. The average Bonchev–Trinajstić information content (AvgIpc) is 2.67. The molecule has 0 bridgehead atoms. The van der Waals surface area contributed by atoms with Crippen LogP contribution >= 0.6 is 23.4 Å². The Kier molecular flexibility index (Phi) is 6.32. The van der Waals surface area contributed by atoms with Crippen molar-refractivity contribution in [2.75, 3.05) is 5.75 Å². The normalized spacial score (nSPS) is 10.7. The lowest BCUT2D eigenvalue weighted by molar-refractivity contribution is -0.118. The van der Waals surface area contributed by atoms with E-state index in [2.05, 4.69) is 16.9 Å². The molecule has 7 heteroatoms. The smallest absolute Gasteiger partial charge is 0.262 e. The van der Waals surface area contributed by atoms with Crippen LogP contribution < -0.4 is 10.9 Å². The Hall–Kier alpha value is -2.57. The molecular weight excluding hydrogens is 382 g/mol. The van der Waals surface area contributed by atoms with Gasteiger partial charge in [-0.1, -0.05) is 53.7 Å². The highest BCUT2D eigenvalue weighted by atomic mass is 35.5. The summed E-state index contributed by atoms with van der Waals surface area (Å²) in [7, 11) is 0. The number of amides is 1. The van der Waals surface area contributed by atoms with Crippen molar-refractivity contribution >= 4 is 40.2 Å². The third-order valence-electron chi connectivity index (χ3n) is 3.85. The third kappa shape index (κ3) is 4.78. The van der Waals surface area contributed by atoms with Crippen molar-refractivity contribution in [3.63, 3.8) is 0 Å². The molecule has 5 nitrogen and oxygen atoms in total. The van der Waals surface area contributed by atoms with E-state index in [1.807, 2.05) is 24.3 Å². The van der Waals surface area contributed by atoms with Gasteiger partial charge in [0, 0.05) is 18.1 Å². The van der Waals surface area contributed by atoms with Crippen molar-refractivity contribution in [1.29, 1.82) is 0 Å². The second kappa shape index (κ2) is 8.88. The molecule has 0 atom stereocenters. The highest BCUT2D eigenvalue weighted by molar-refractivity contribution is 7.99. The molecule has 0 aliphatic carbocycles. The van der Waals surface area contributed by atoms with Crippen LogP contribution in [0.4, 0.5) is 0 Å². The molecule has 0 saturated carbocycles. The van der Waals surface area contributed by atoms with Gasteiger partial charge >= 0.3 is 0 Å². The number of nitrogens with one attached hydrogen (secondary N) is 1. The first kappa shape index (κ1) is 19.2. The van der Waals surface area contributed by atoms with Crippen LogP contribution in [0, 0.1) is 0 Å². The number of fused-ring (bicyclic) bond motifs is 1. The Morgan fingerprint density at radius 1 is 1.26 bits per heavy atom. The number of allylic oxidation sites excluding steroid dienone is 1.